The van der Waals surface area contributed by atoms with Crippen molar-refractivity contribution in [2.24, 2.45) is 11.1 Å². The van der Waals surface area contributed by atoms with Gasteiger partial charge in [-0.15, -0.1) is 0 Å². The van der Waals surface area contributed by atoms with Gasteiger partial charge in [-0.05, 0) is 5.41 Å². The highest BCUT2D eigenvalue weighted by Gasteiger charge is 2.45. The van der Waals surface area contributed by atoms with E-state index in [-0.39, 0.29) is 11.4 Å². The van der Waals surface area contributed by atoms with Gasteiger partial charge in [-0.2, -0.15) is 13.2 Å². The fourth-order valence-corrected chi connectivity index (χ4v) is 2.67. The van der Waals surface area contributed by atoms with E-state index in [9.17, 15) is 31.5 Å². The number of amides is 2. The Hall–Kier alpha value is -2.66. The number of primary amides is 1. The summed E-state index contributed by atoms with van der Waals surface area (Å²) in [4.78, 5) is 28.9. The summed E-state index contributed by atoms with van der Waals surface area (Å²) < 4.78 is 68.6. The van der Waals surface area contributed by atoms with Gasteiger partial charge in [0.2, 0.25) is 5.91 Å². The zero-order valence-corrected chi connectivity index (χ0v) is 15.9. The molecule has 0 bridgehead atoms. The van der Waals surface area contributed by atoms with E-state index in [0.29, 0.717) is 0 Å². The molecular formula is C17H21F5N4O3. The molecule has 0 saturated carbocycles. The third-order valence-electron chi connectivity index (χ3n) is 4.08. The van der Waals surface area contributed by atoms with Crippen LogP contribution in [0.5, 0.6) is 5.75 Å². The first kappa shape index (κ1) is 22.6. The molecule has 1 atom stereocenters. The number of anilines is 1. The van der Waals surface area contributed by atoms with Crippen LogP contribution in [0.25, 0.3) is 0 Å². The highest BCUT2D eigenvalue weighted by Crippen LogP contribution is 2.37. The summed E-state index contributed by atoms with van der Waals surface area (Å²) >= 11 is 0. The number of pyridine rings is 1. The Bertz CT molecular complexity index is 784. The van der Waals surface area contributed by atoms with E-state index in [4.69, 9.17) is 10.5 Å². The first-order chi connectivity index (χ1) is 13.1. The molecule has 2 rings (SSSR count). The molecule has 0 radical (unpaired) electrons. The van der Waals surface area contributed by atoms with Gasteiger partial charge in [0.15, 0.2) is 6.61 Å². The van der Waals surface area contributed by atoms with Crippen molar-refractivity contribution in [1.82, 2.24) is 10.3 Å². The van der Waals surface area contributed by atoms with E-state index in [2.05, 4.69) is 10.3 Å². The van der Waals surface area contributed by atoms with Crippen molar-refractivity contribution in [3.05, 3.63) is 18.0 Å². The predicted molar refractivity (Wildman–Crippen MR) is 92.9 cm³/mol. The van der Waals surface area contributed by atoms with Crippen LogP contribution < -0.4 is 20.7 Å². The molecule has 7 nitrogen and oxygen atoms in total. The van der Waals surface area contributed by atoms with Crippen LogP contribution in [0.1, 0.15) is 31.3 Å². The molecule has 0 spiro atoms. The molecule has 3 N–H and O–H groups in total. The van der Waals surface area contributed by atoms with E-state index >= 15 is 0 Å². The molecule has 1 aromatic heterocycles. The Kier molecular flexibility index (Phi) is 5.96. The monoisotopic (exact) mass is 424 g/mol. The average Bonchev–Trinajstić information content (AvgIpc) is 2.53. The first-order valence-corrected chi connectivity index (χ1v) is 8.52. The van der Waals surface area contributed by atoms with Crippen LogP contribution >= 0.6 is 0 Å². The van der Waals surface area contributed by atoms with E-state index < -0.39 is 60.8 Å². The standard InChI is InChI=1S/C17H21F5N4O3/c1-15(2,3)12(13(23)27)25-14(28)9-4-11(29-8-17(20,21)22)10(5-24-9)26-6-16(18,19)7-26/h4-5,12H,6-8H2,1-3H3,(H2,23,27)(H,25,28)/t12-/m1/s1. The number of halogens is 5. The Balaban J connectivity index is 2.28. The van der Waals surface area contributed by atoms with Crippen molar-refractivity contribution in [2.45, 2.75) is 38.9 Å². The summed E-state index contributed by atoms with van der Waals surface area (Å²) in [5.74, 6) is -5.08. The average molecular weight is 424 g/mol. The number of rotatable bonds is 6. The summed E-state index contributed by atoms with van der Waals surface area (Å²) in [6, 6.07) is -0.168. The van der Waals surface area contributed by atoms with Gasteiger partial charge in [0, 0.05) is 6.07 Å². The maximum absolute atomic E-state index is 13.1. The summed E-state index contributed by atoms with van der Waals surface area (Å²) in [5.41, 5.74) is 4.10. The molecule has 0 aliphatic carbocycles. The van der Waals surface area contributed by atoms with Crippen molar-refractivity contribution in [3.63, 3.8) is 0 Å². The molecular weight excluding hydrogens is 403 g/mol. The summed E-state index contributed by atoms with van der Waals surface area (Å²) in [5, 5.41) is 2.37. The van der Waals surface area contributed by atoms with Crippen LogP contribution in [0.4, 0.5) is 27.6 Å². The van der Waals surface area contributed by atoms with Crippen LogP contribution in [0, 0.1) is 5.41 Å². The van der Waals surface area contributed by atoms with Crippen LogP contribution in [0.15, 0.2) is 12.3 Å². The fraction of sp³-hybridized carbons (Fsp3) is 0.588. The van der Waals surface area contributed by atoms with E-state index in [1.165, 1.54) is 0 Å². The van der Waals surface area contributed by atoms with Crippen LogP contribution in [0.3, 0.4) is 0 Å². The van der Waals surface area contributed by atoms with Gasteiger partial charge in [-0.1, -0.05) is 20.8 Å². The second-order valence-electron chi connectivity index (χ2n) is 7.83. The van der Waals surface area contributed by atoms with Crippen LogP contribution in [-0.4, -0.2) is 54.6 Å². The number of nitrogens with one attached hydrogen (secondary N) is 1. The fourth-order valence-electron chi connectivity index (χ4n) is 2.67. The zero-order valence-electron chi connectivity index (χ0n) is 15.9. The van der Waals surface area contributed by atoms with Gasteiger partial charge in [0.05, 0.1) is 25.0 Å². The molecule has 162 valence electrons. The third-order valence-corrected chi connectivity index (χ3v) is 4.08. The van der Waals surface area contributed by atoms with E-state index in [0.717, 1.165) is 17.2 Å². The Morgan fingerprint density at radius 1 is 1.31 bits per heavy atom. The van der Waals surface area contributed by atoms with E-state index in [1.807, 2.05) is 0 Å². The number of nitrogens with two attached hydrogens (primary N) is 1. The van der Waals surface area contributed by atoms with Crippen molar-refractivity contribution >= 4 is 17.5 Å². The summed E-state index contributed by atoms with van der Waals surface area (Å²) in [6.07, 6.45) is -3.70. The lowest BCUT2D eigenvalue weighted by Crippen LogP contribution is -2.56. The maximum atomic E-state index is 13.1. The van der Waals surface area contributed by atoms with Crippen LogP contribution in [0.2, 0.25) is 0 Å². The second-order valence-corrected chi connectivity index (χ2v) is 7.83. The molecule has 1 saturated heterocycles. The lowest BCUT2D eigenvalue weighted by atomic mass is 9.86. The summed E-state index contributed by atoms with van der Waals surface area (Å²) in [7, 11) is 0. The third kappa shape index (κ3) is 5.91. The smallest absolute Gasteiger partial charge is 0.422 e. The lowest BCUT2D eigenvalue weighted by Gasteiger charge is -2.40. The van der Waals surface area contributed by atoms with Crippen molar-refractivity contribution in [2.75, 3.05) is 24.6 Å². The van der Waals surface area contributed by atoms with Gasteiger partial charge in [-0.3, -0.25) is 9.59 Å². The largest absolute Gasteiger partial charge is 0.482 e. The molecule has 1 aromatic rings. The minimum Gasteiger partial charge on any atom is -0.482 e. The number of aromatic nitrogens is 1. The highest BCUT2D eigenvalue weighted by atomic mass is 19.4. The molecule has 12 heteroatoms. The topological polar surface area (TPSA) is 97.6 Å². The second kappa shape index (κ2) is 7.64. The molecule has 1 fully saturated rings. The SMILES string of the molecule is CC(C)(C)[C@H](NC(=O)c1cc(OCC(F)(F)F)c(N2CC(F)(F)C2)cn1)C(N)=O. The van der Waals surface area contributed by atoms with Gasteiger partial charge in [-0.25, -0.2) is 13.8 Å². The summed E-state index contributed by atoms with van der Waals surface area (Å²) in [6.45, 7) is 1.86. The molecule has 1 aliphatic heterocycles. The molecule has 2 amide bonds. The number of hydrogen-bond donors (Lipinski definition) is 2. The first-order valence-electron chi connectivity index (χ1n) is 8.52. The molecule has 0 unspecified atom stereocenters. The quantitative estimate of drug-likeness (QED) is 0.682. The van der Waals surface area contributed by atoms with Gasteiger partial charge in [0.1, 0.15) is 17.5 Å². The van der Waals surface area contributed by atoms with Gasteiger partial charge in [0.25, 0.3) is 11.8 Å². The van der Waals surface area contributed by atoms with Crippen molar-refractivity contribution < 1.29 is 36.3 Å². The number of ether oxygens (including phenoxy) is 1. The Labute approximate surface area is 163 Å². The Morgan fingerprint density at radius 3 is 2.34 bits per heavy atom. The minimum absolute atomic E-state index is 0.0982. The molecule has 2 heterocycles. The van der Waals surface area contributed by atoms with Gasteiger partial charge < -0.3 is 20.7 Å². The molecule has 1 aliphatic rings. The predicted octanol–water partition coefficient (Wildman–Crippen LogP) is 2.11. The van der Waals surface area contributed by atoms with Gasteiger partial charge >= 0.3 is 6.18 Å². The van der Waals surface area contributed by atoms with Crippen molar-refractivity contribution in [1.29, 1.82) is 0 Å². The Morgan fingerprint density at radius 2 is 1.90 bits per heavy atom. The van der Waals surface area contributed by atoms with Crippen LogP contribution in [-0.2, 0) is 4.79 Å². The normalized spacial score (nSPS) is 17.3. The number of hydrogen-bond acceptors (Lipinski definition) is 5. The zero-order chi connectivity index (χ0) is 22.2. The van der Waals surface area contributed by atoms with Crippen molar-refractivity contribution in [3.8, 4) is 5.75 Å². The number of carbonyl (C=O) groups is 2. The van der Waals surface area contributed by atoms with E-state index in [1.54, 1.807) is 20.8 Å². The lowest BCUT2D eigenvalue weighted by molar-refractivity contribution is -0.153. The number of carbonyl (C=O) groups excluding carboxylic acids is 2. The maximum Gasteiger partial charge on any atom is 0.422 e. The molecule has 0 aromatic carbocycles. The molecule has 29 heavy (non-hydrogen) atoms. The minimum atomic E-state index is -4.68. The highest BCUT2D eigenvalue weighted by molar-refractivity contribution is 5.96. The number of nitrogens with zero attached hydrogens (tertiary/aromatic N) is 2. The number of alkyl halides is 5.